The van der Waals surface area contributed by atoms with E-state index in [9.17, 15) is 0 Å². The van der Waals surface area contributed by atoms with Gasteiger partial charge in [0.15, 0.2) is 5.96 Å². The average molecular weight is 428 g/mol. The van der Waals surface area contributed by atoms with Gasteiger partial charge in [-0.15, -0.1) is 24.0 Å². The number of rotatable bonds is 9. The van der Waals surface area contributed by atoms with Gasteiger partial charge < -0.3 is 24.6 Å². The number of nitrogens with one attached hydrogen (secondary N) is 1. The molecule has 1 heterocycles. The van der Waals surface area contributed by atoms with Gasteiger partial charge >= 0.3 is 0 Å². The monoisotopic (exact) mass is 428 g/mol. The highest BCUT2D eigenvalue weighted by atomic mass is 127. The Morgan fingerprint density at radius 3 is 2.82 bits per heavy atom. The normalized spacial score (nSPS) is 18.7. The first-order valence-corrected chi connectivity index (χ1v) is 7.92. The molecule has 1 aliphatic heterocycles. The first-order chi connectivity index (χ1) is 10.2. The third-order valence-electron chi connectivity index (χ3n) is 3.90. The Morgan fingerprint density at radius 1 is 1.41 bits per heavy atom. The van der Waals surface area contributed by atoms with Crippen LogP contribution in [0.2, 0.25) is 0 Å². The Hall–Kier alpha value is -0.120. The highest BCUT2D eigenvalue weighted by Crippen LogP contribution is 2.16. The van der Waals surface area contributed by atoms with E-state index in [1.165, 1.54) is 6.42 Å². The minimum atomic E-state index is 0. The SMILES string of the molecule is CCN(C)CCNC(=NC)N1CCC(COCCOC)C1.I. The maximum absolute atomic E-state index is 5.63. The van der Waals surface area contributed by atoms with Gasteiger partial charge in [0.1, 0.15) is 0 Å². The summed E-state index contributed by atoms with van der Waals surface area (Å²) in [6.45, 7) is 9.46. The van der Waals surface area contributed by atoms with Crippen molar-refractivity contribution in [3.63, 3.8) is 0 Å². The van der Waals surface area contributed by atoms with Gasteiger partial charge in [-0.3, -0.25) is 4.99 Å². The van der Waals surface area contributed by atoms with Crippen LogP contribution < -0.4 is 5.32 Å². The molecule has 132 valence electrons. The van der Waals surface area contributed by atoms with Crippen LogP contribution >= 0.6 is 24.0 Å². The number of halogens is 1. The second-order valence-corrected chi connectivity index (χ2v) is 5.54. The van der Waals surface area contributed by atoms with E-state index in [0.717, 1.165) is 45.3 Å². The lowest BCUT2D eigenvalue weighted by molar-refractivity contribution is 0.0536. The molecular weight excluding hydrogens is 395 g/mol. The van der Waals surface area contributed by atoms with E-state index in [2.05, 4.69) is 34.1 Å². The molecule has 0 saturated carbocycles. The molecule has 22 heavy (non-hydrogen) atoms. The van der Waals surface area contributed by atoms with E-state index in [0.29, 0.717) is 19.1 Å². The van der Waals surface area contributed by atoms with E-state index >= 15 is 0 Å². The number of ether oxygens (including phenoxy) is 2. The summed E-state index contributed by atoms with van der Waals surface area (Å²) in [6.07, 6.45) is 1.17. The molecule has 0 aromatic carbocycles. The summed E-state index contributed by atoms with van der Waals surface area (Å²) in [6, 6.07) is 0. The second kappa shape index (κ2) is 13.3. The number of likely N-dealkylation sites (tertiary alicyclic amines) is 1. The smallest absolute Gasteiger partial charge is 0.193 e. The Morgan fingerprint density at radius 2 is 2.18 bits per heavy atom. The molecule has 1 N–H and O–H groups in total. The lowest BCUT2D eigenvalue weighted by Gasteiger charge is -2.23. The fourth-order valence-corrected chi connectivity index (χ4v) is 2.40. The zero-order valence-electron chi connectivity index (χ0n) is 14.5. The molecule has 0 spiro atoms. The topological polar surface area (TPSA) is 49.3 Å². The standard InChI is InChI=1S/C15H32N4O2.HI/c1-5-18(3)9-7-17-15(16-2)19-8-6-14(12-19)13-21-11-10-20-4;/h14H,5-13H2,1-4H3,(H,16,17);1H. The van der Waals surface area contributed by atoms with Crippen LogP contribution in [0, 0.1) is 5.92 Å². The van der Waals surface area contributed by atoms with E-state index < -0.39 is 0 Å². The van der Waals surface area contributed by atoms with Gasteiger partial charge in [-0.1, -0.05) is 6.92 Å². The van der Waals surface area contributed by atoms with Crippen LogP contribution in [-0.2, 0) is 9.47 Å². The molecule has 1 rings (SSSR count). The van der Waals surface area contributed by atoms with Crippen molar-refractivity contribution in [2.24, 2.45) is 10.9 Å². The third-order valence-corrected chi connectivity index (χ3v) is 3.90. The van der Waals surface area contributed by atoms with Crippen molar-refractivity contribution in [2.45, 2.75) is 13.3 Å². The van der Waals surface area contributed by atoms with Crippen LogP contribution in [0.4, 0.5) is 0 Å². The minimum absolute atomic E-state index is 0. The van der Waals surface area contributed by atoms with Crippen molar-refractivity contribution < 1.29 is 9.47 Å². The van der Waals surface area contributed by atoms with E-state index in [-0.39, 0.29) is 24.0 Å². The van der Waals surface area contributed by atoms with E-state index in [1.54, 1.807) is 7.11 Å². The van der Waals surface area contributed by atoms with Crippen LogP contribution in [0.25, 0.3) is 0 Å². The number of guanidine groups is 1. The first kappa shape index (κ1) is 21.9. The highest BCUT2D eigenvalue weighted by Gasteiger charge is 2.24. The van der Waals surface area contributed by atoms with Crippen molar-refractivity contribution in [3.05, 3.63) is 0 Å². The molecule has 6 nitrogen and oxygen atoms in total. The Labute approximate surface area is 152 Å². The lowest BCUT2D eigenvalue weighted by atomic mass is 10.1. The Kier molecular flexibility index (Phi) is 13.3. The maximum atomic E-state index is 5.63. The first-order valence-electron chi connectivity index (χ1n) is 7.92. The number of aliphatic imine (C=N–C) groups is 1. The maximum Gasteiger partial charge on any atom is 0.193 e. The zero-order chi connectivity index (χ0) is 15.5. The number of nitrogens with zero attached hydrogens (tertiary/aromatic N) is 3. The van der Waals surface area contributed by atoms with Crippen LogP contribution in [0.1, 0.15) is 13.3 Å². The van der Waals surface area contributed by atoms with Crippen molar-refractivity contribution in [2.75, 3.05) is 73.7 Å². The van der Waals surface area contributed by atoms with Crippen molar-refractivity contribution >= 4 is 29.9 Å². The van der Waals surface area contributed by atoms with Crippen LogP contribution in [0.5, 0.6) is 0 Å². The molecule has 1 unspecified atom stereocenters. The summed E-state index contributed by atoms with van der Waals surface area (Å²) >= 11 is 0. The van der Waals surface area contributed by atoms with Gasteiger partial charge in [0.25, 0.3) is 0 Å². The quantitative estimate of drug-likeness (QED) is 0.258. The number of hydrogen-bond donors (Lipinski definition) is 1. The van der Waals surface area contributed by atoms with Crippen LogP contribution in [0.3, 0.4) is 0 Å². The summed E-state index contributed by atoms with van der Waals surface area (Å²) < 4.78 is 10.6. The lowest BCUT2D eigenvalue weighted by Crippen LogP contribution is -2.43. The van der Waals surface area contributed by atoms with Gasteiger partial charge in [-0.2, -0.15) is 0 Å². The van der Waals surface area contributed by atoms with E-state index in [4.69, 9.17) is 9.47 Å². The molecular formula is C15H33IN4O2. The summed E-state index contributed by atoms with van der Waals surface area (Å²) in [5.74, 6) is 1.61. The molecule has 7 heteroatoms. The molecule has 1 saturated heterocycles. The summed E-state index contributed by atoms with van der Waals surface area (Å²) in [7, 11) is 5.69. The van der Waals surface area contributed by atoms with Gasteiger partial charge in [0, 0.05) is 46.3 Å². The molecule has 1 aliphatic rings. The fourth-order valence-electron chi connectivity index (χ4n) is 2.40. The molecule has 1 atom stereocenters. The number of hydrogen-bond acceptors (Lipinski definition) is 4. The second-order valence-electron chi connectivity index (χ2n) is 5.54. The third kappa shape index (κ3) is 8.50. The predicted molar refractivity (Wildman–Crippen MR) is 102 cm³/mol. The van der Waals surface area contributed by atoms with Crippen LogP contribution in [0.15, 0.2) is 4.99 Å². The van der Waals surface area contributed by atoms with Crippen molar-refractivity contribution in [1.82, 2.24) is 15.1 Å². The van der Waals surface area contributed by atoms with Crippen molar-refractivity contribution in [1.29, 1.82) is 0 Å². The Balaban J connectivity index is 0.00000441. The molecule has 0 radical (unpaired) electrons. The van der Waals surface area contributed by atoms with Gasteiger partial charge in [0.05, 0.1) is 19.8 Å². The van der Waals surface area contributed by atoms with Gasteiger partial charge in [-0.05, 0) is 20.0 Å². The highest BCUT2D eigenvalue weighted by molar-refractivity contribution is 14.0. The largest absolute Gasteiger partial charge is 0.382 e. The summed E-state index contributed by atoms with van der Waals surface area (Å²) in [5.41, 5.74) is 0. The molecule has 0 amide bonds. The minimum Gasteiger partial charge on any atom is -0.382 e. The molecule has 1 fully saturated rings. The molecule has 0 aromatic heterocycles. The Bertz CT molecular complexity index is 305. The zero-order valence-corrected chi connectivity index (χ0v) is 16.8. The van der Waals surface area contributed by atoms with Gasteiger partial charge in [0.2, 0.25) is 0 Å². The summed E-state index contributed by atoms with van der Waals surface area (Å²) in [4.78, 5) is 9.01. The average Bonchev–Trinajstić information content (AvgIpc) is 2.96. The molecule has 0 bridgehead atoms. The van der Waals surface area contributed by atoms with E-state index in [1.807, 2.05) is 7.05 Å². The number of likely N-dealkylation sites (N-methyl/N-ethyl adjacent to an activating group) is 1. The van der Waals surface area contributed by atoms with Gasteiger partial charge in [-0.25, -0.2) is 0 Å². The van der Waals surface area contributed by atoms with Crippen molar-refractivity contribution in [3.8, 4) is 0 Å². The predicted octanol–water partition coefficient (Wildman–Crippen LogP) is 1.12. The summed E-state index contributed by atoms with van der Waals surface area (Å²) in [5, 5.41) is 3.45. The fraction of sp³-hybridized carbons (Fsp3) is 0.933. The van der Waals surface area contributed by atoms with Crippen LogP contribution in [-0.4, -0.2) is 89.5 Å². The number of methoxy groups -OCH3 is 1. The molecule has 0 aromatic rings. The molecule has 0 aliphatic carbocycles.